The zero-order valence-electron chi connectivity index (χ0n) is 11.0. The molecular formula is C13H14N2O3S. The van der Waals surface area contributed by atoms with Crippen LogP contribution in [0.1, 0.15) is 27.9 Å². The number of ether oxygens (including phenoxy) is 2. The molecule has 0 amide bonds. The Morgan fingerprint density at radius 1 is 1.32 bits per heavy atom. The molecule has 6 heteroatoms. The van der Waals surface area contributed by atoms with E-state index in [9.17, 15) is 4.79 Å². The number of aromatic nitrogens is 2. The molecule has 1 aromatic heterocycles. The van der Waals surface area contributed by atoms with Crippen LogP contribution in [-0.2, 0) is 6.42 Å². The minimum Gasteiger partial charge on any atom is -0.497 e. The molecule has 2 rings (SSSR count). The number of benzene rings is 1. The Morgan fingerprint density at radius 2 is 2.11 bits per heavy atom. The van der Waals surface area contributed by atoms with E-state index < -0.39 is 0 Å². The quantitative estimate of drug-likeness (QED) is 0.786. The zero-order valence-corrected chi connectivity index (χ0v) is 11.8. The Labute approximate surface area is 115 Å². The second-order valence-corrected chi connectivity index (χ2v) is 4.55. The highest BCUT2D eigenvalue weighted by atomic mass is 32.1. The van der Waals surface area contributed by atoms with Crippen molar-refractivity contribution in [1.82, 2.24) is 9.59 Å². The minimum absolute atomic E-state index is 0.119. The smallest absolute Gasteiger partial charge is 0.210 e. The molecule has 0 N–H and O–H groups in total. The van der Waals surface area contributed by atoms with Gasteiger partial charge < -0.3 is 9.47 Å². The summed E-state index contributed by atoms with van der Waals surface area (Å²) in [6, 6.07) is 5.11. The van der Waals surface area contributed by atoms with Crippen molar-refractivity contribution in [2.45, 2.75) is 13.3 Å². The van der Waals surface area contributed by atoms with Crippen LogP contribution in [0.4, 0.5) is 0 Å². The maximum absolute atomic E-state index is 12.5. The van der Waals surface area contributed by atoms with Gasteiger partial charge in [0.1, 0.15) is 16.4 Å². The van der Waals surface area contributed by atoms with Gasteiger partial charge in [0.2, 0.25) is 5.78 Å². The molecule has 1 heterocycles. The molecule has 0 aliphatic rings. The molecule has 0 aliphatic carbocycles. The van der Waals surface area contributed by atoms with Gasteiger partial charge in [0.05, 0.1) is 25.5 Å². The van der Waals surface area contributed by atoms with Crippen LogP contribution in [0.25, 0.3) is 0 Å². The lowest BCUT2D eigenvalue weighted by atomic mass is 10.1. The molecule has 0 unspecified atom stereocenters. The Hall–Kier alpha value is -1.95. The van der Waals surface area contributed by atoms with Crippen molar-refractivity contribution >= 4 is 17.3 Å². The summed E-state index contributed by atoms with van der Waals surface area (Å²) in [7, 11) is 3.09. The van der Waals surface area contributed by atoms with Gasteiger partial charge in [0.15, 0.2) is 0 Å². The molecule has 0 radical (unpaired) electrons. The first kappa shape index (κ1) is 13.5. The summed E-state index contributed by atoms with van der Waals surface area (Å²) in [5.74, 6) is 1.01. The van der Waals surface area contributed by atoms with Crippen LogP contribution < -0.4 is 9.47 Å². The number of hydrogen-bond acceptors (Lipinski definition) is 6. The highest BCUT2D eigenvalue weighted by Crippen LogP contribution is 2.28. The predicted molar refractivity (Wildman–Crippen MR) is 72.3 cm³/mol. The lowest BCUT2D eigenvalue weighted by Crippen LogP contribution is -2.05. The van der Waals surface area contributed by atoms with Crippen molar-refractivity contribution in [3.8, 4) is 11.5 Å². The standard InChI is InChI=1S/C13H14N2O3S/c1-4-10-13(19-15-14-10)12(16)9-6-5-8(17-2)7-11(9)18-3/h5-7H,4H2,1-3H3. The topological polar surface area (TPSA) is 61.3 Å². The van der Waals surface area contributed by atoms with Gasteiger partial charge in [-0.2, -0.15) is 0 Å². The van der Waals surface area contributed by atoms with E-state index in [-0.39, 0.29) is 5.78 Å². The molecule has 100 valence electrons. The van der Waals surface area contributed by atoms with Gasteiger partial charge in [-0.05, 0) is 30.1 Å². The number of carbonyl (C=O) groups is 1. The lowest BCUT2D eigenvalue weighted by molar-refractivity contribution is 0.103. The highest BCUT2D eigenvalue weighted by Gasteiger charge is 2.20. The molecule has 0 spiro atoms. The van der Waals surface area contributed by atoms with Crippen LogP contribution in [0, 0.1) is 0 Å². The van der Waals surface area contributed by atoms with Crippen molar-refractivity contribution < 1.29 is 14.3 Å². The van der Waals surface area contributed by atoms with E-state index in [0.29, 0.717) is 34.1 Å². The van der Waals surface area contributed by atoms with Crippen LogP contribution in [0.3, 0.4) is 0 Å². The molecule has 0 saturated carbocycles. The van der Waals surface area contributed by atoms with Crippen molar-refractivity contribution in [3.63, 3.8) is 0 Å². The third kappa shape index (κ3) is 2.58. The van der Waals surface area contributed by atoms with Gasteiger partial charge in [-0.3, -0.25) is 4.79 Å². The molecular weight excluding hydrogens is 264 g/mol. The molecule has 0 bridgehead atoms. The summed E-state index contributed by atoms with van der Waals surface area (Å²) < 4.78 is 14.2. The van der Waals surface area contributed by atoms with Gasteiger partial charge in [-0.1, -0.05) is 11.4 Å². The van der Waals surface area contributed by atoms with Gasteiger partial charge in [0, 0.05) is 6.07 Å². The van der Waals surface area contributed by atoms with E-state index >= 15 is 0 Å². The third-order valence-electron chi connectivity index (χ3n) is 2.75. The number of ketones is 1. The van der Waals surface area contributed by atoms with Crippen molar-refractivity contribution in [2.75, 3.05) is 14.2 Å². The SMILES string of the molecule is CCc1nnsc1C(=O)c1ccc(OC)cc1OC. The predicted octanol–water partition coefficient (Wildman–Crippen LogP) is 2.35. The first-order chi connectivity index (χ1) is 9.21. The summed E-state index contributed by atoms with van der Waals surface area (Å²) in [6.07, 6.45) is 0.677. The second kappa shape index (κ2) is 5.79. The summed E-state index contributed by atoms with van der Waals surface area (Å²) >= 11 is 1.11. The van der Waals surface area contributed by atoms with E-state index in [0.717, 1.165) is 11.5 Å². The molecule has 1 aromatic carbocycles. The van der Waals surface area contributed by atoms with E-state index in [2.05, 4.69) is 9.59 Å². The van der Waals surface area contributed by atoms with Gasteiger partial charge in [-0.25, -0.2) is 0 Å². The largest absolute Gasteiger partial charge is 0.497 e. The Bertz CT molecular complexity index is 595. The van der Waals surface area contributed by atoms with Crippen LogP contribution >= 0.6 is 11.5 Å². The number of nitrogens with zero attached hydrogens (tertiary/aromatic N) is 2. The maximum Gasteiger partial charge on any atom is 0.210 e. The highest BCUT2D eigenvalue weighted by molar-refractivity contribution is 7.08. The number of aryl methyl sites for hydroxylation is 1. The first-order valence-corrected chi connectivity index (χ1v) is 6.56. The molecule has 0 atom stereocenters. The van der Waals surface area contributed by atoms with E-state index in [1.165, 1.54) is 7.11 Å². The second-order valence-electron chi connectivity index (χ2n) is 3.80. The van der Waals surface area contributed by atoms with Gasteiger partial charge in [-0.15, -0.1) is 5.10 Å². The summed E-state index contributed by atoms with van der Waals surface area (Å²) in [5, 5.41) is 3.95. The number of methoxy groups -OCH3 is 2. The van der Waals surface area contributed by atoms with Crippen molar-refractivity contribution in [1.29, 1.82) is 0 Å². The van der Waals surface area contributed by atoms with Crippen LogP contribution in [0.15, 0.2) is 18.2 Å². The Morgan fingerprint density at radius 3 is 2.74 bits per heavy atom. The minimum atomic E-state index is -0.119. The fourth-order valence-electron chi connectivity index (χ4n) is 1.72. The number of hydrogen-bond donors (Lipinski definition) is 0. The molecule has 0 fully saturated rings. The van der Waals surface area contributed by atoms with Crippen molar-refractivity contribution in [2.24, 2.45) is 0 Å². The van der Waals surface area contributed by atoms with Crippen molar-refractivity contribution in [3.05, 3.63) is 34.3 Å². The molecule has 2 aromatic rings. The molecule has 0 saturated heterocycles. The molecule has 5 nitrogen and oxygen atoms in total. The average molecular weight is 278 g/mol. The monoisotopic (exact) mass is 278 g/mol. The van der Waals surface area contributed by atoms with E-state index in [1.54, 1.807) is 25.3 Å². The maximum atomic E-state index is 12.5. The van der Waals surface area contributed by atoms with Gasteiger partial charge in [0.25, 0.3) is 0 Å². The Kier molecular flexibility index (Phi) is 4.11. The number of carbonyl (C=O) groups excluding carboxylic acids is 1. The average Bonchev–Trinajstić information content (AvgIpc) is 2.94. The van der Waals surface area contributed by atoms with Gasteiger partial charge >= 0.3 is 0 Å². The fraction of sp³-hybridized carbons (Fsp3) is 0.308. The van der Waals surface area contributed by atoms with Crippen LogP contribution in [0.5, 0.6) is 11.5 Å². The fourth-order valence-corrected chi connectivity index (χ4v) is 2.43. The zero-order chi connectivity index (χ0) is 13.8. The summed E-state index contributed by atoms with van der Waals surface area (Å²) in [4.78, 5) is 13.0. The van der Waals surface area contributed by atoms with E-state index in [1.807, 2.05) is 6.92 Å². The first-order valence-electron chi connectivity index (χ1n) is 5.79. The molecule has 0 aliphatic heterocycles. The van der Waals surface area contributed by atoms with E-state index in [4.69, 9.17) is 9.47 Å². The van der Waals surface area contributed by atoms with Crippen LogP contribution in [0.2, 0.25) is 0 Å². The number of rotatable bonds is 5. The molecule has 19 heavy (non-hydrogen) atoms. The lowest BCUT2D eigenvalue weighted by Gasteiger charge is -2.08. The third-order valence-corrected chi connectivity index (χ3v) is 3.52. The van der Waals surface area contributed by atoms with Crippen LogP contribution in [-0.4, -0.2) is 29.6 Å². The summed E-state index contributed by atoms with van der Waals surface area (Å²) in [6.45, 7) is 1.94. The Balaban J connectivity index is 2.44. The normalized spacial score (nSPS) is 10.3. The summed E-state index contributed by atoms with van der Waals surface area (Å²) in [5.41, 5.74) is 1.21.